The minimum atomic E-state index is 0.295. The Hall–Kier alpha value is -0.670. The third-order valence-electron chi connectivity index (χ3n) is 5.21. The molecule has 3 atom stereocenters. The summed E-state index contributed by atoms with van der Waals surface area (Å²) in [7, 11) is 1.74. The molecule has 0 radical (unpaired) electrons. The number of ether oxygens (including phenoxy) is 1. The second kappa shape index (κ2) is 7.06. The van der Waals surface area contributed by atoms with E-state index in [9.17, 15) is 0 Å². The summed E-state index contributed by atoms with van der Waals surface area (Å²) in [5.41, 5.74) is 6.82. The fraction of sp³-hybridized carbons (Fsp3) is 0.667. The molecular weight excluding hydrogens is 278 g/mol. The summed E-state index contributed by atoms with van der Waals surface area (Å²) in [4.78, 5) is 1.22. The molecule has 1 aliphatic rings. The first kappa shape index (κ1) is 16.7. The number of hydrogen-bond acceptors (Lipinski definition) is 3. The largest absolute Gasteiger partial charge is 0.496 e. The molecule has 21 heavy (non-hydrogen) atoms. The maximum Gasteiger partial charge on any atom is 0.132 e. The van der Waals surface area contributed by atoms with E-state index in [1.165, 1.54) is 24.2 Å². The van der Waals surface area contributed by atoms with Gasteiger partial charge in [-0.05, 0) is 42.7 Å². The smallest absolute Gasteiger partial charge is 0.132 e. The van der Waals surface area contributed by atoms with Crippen molar-refractivity contribution in [3.05, 3.63) is 24.3 Å². The highest BCUT2D eigenvalue weighted by atomic mass is 32.2. The normalized spacial score (nSPS) is 26.6. The summed E-state index contributed by atoms with van der Waals surface area (Å²) in [5, 5.41) is 0.492. The molecule has 0 bridgehead atoms. The number of nitrogens with two attached hydrogens (primary N) is 1. The summed E-state index contributed by atoms with van der Waals surface area (Å²) in [5.74, 6) is 1.74. The van der Waals surface area contributed by atoms with Crippen molar-refractivity contribution in [2.45, 2.75) is 62.6 Å². The van der Waals surface area contributed by atoms with Gasteiger partial charge >= 0.3 is 0 Å². The van der Waals surface area contributed by atoms with E-state index >= 15 is 0 Å². The Labute approximate surface area is 133 Å². The molecule has 0 saturated heterocycles. The van der Waals surface area contributed by atoms with E-state index in [0.29, 0.717) is 16.7 Å². The molecular formula is C18H29NOS. The Morgan fingerprint density at radius 2 is 2.00 bits per heavy atom. The zero-order valence-corrected chi connectivity index (χ0v) is 14.6. The number of thioether (sulfide) groups is 1. The number of hydrogen-bond donors (Lipinski definition) is 1. The van der Waals surface area contributed by atoms with Crippen LogP contribution in [-0.2, 0) is 0 Å². The Bertz CT molecular complexity index is 460. The van der Waals surface area contributed by atoms with Gasteiger partial charge in [-0.3, -0.25) is 0 Å². The quantitative estimate of drug-likeness (QED) is 0.855. The standard InChI is InChI=1S/C18H29NOS/c1-5-18(2,3)13-10-11-14(19)17(12-13)21-16-9-7-6-8-15(16)20-4/h6-9,13-14,17H,5,10-12,19H2,1-4H3. The van der Waals surface area contributed by atoms with Crippen LogP contribution in [0.25, 0.3) is 0 Å². The van der Waals surface area contributed by atoms with Gasteiger partial charge in [-0.2, -0.15) is 0 Å². The second-order valence-corrected chi connectivity index (χ2v) is 8.10. The van der Waals surface area contributed by atoms with Gasteiger partial charge in [-0.25, -0.2) is 0 Å². The maximum absolute atomic E-state index is 6.40. The average Bonchev–Trinajstić information content (AvgIpc) is 2.49. The zero-order valence-electron chi connectivity index (χ0n) is 13.8. The van der Waals surface area contributed by atoms with Gasteiger partial charge in [0.2, 0.25) is 0 Å². The molecule has 2 nitrogen and oxygen atoms in total. The van der Waals surface area contributed by atoms with Crippen LogP contribution in [0.5, 0.6) is 5.75 Å². The fourth-order valence-corrected chi connectivity index (χ4v) is 4.56. The highest BCUT2D eigenvalue weighted by Crippen LogP contribution is 2.45. The van der Waals surface area contributed by atoms with Crippen molar-refractivity contribution in [2.24, 2.45) is 17.1 Å². The first-order chi connectivity index (χ1) is 9.97. The predicted octanol–water partition coefficient (Wildman–Crippen LogP) is 4.72. The Balaban J connectivity index is 2.10. The van der Waals surface area contributed by atoms with Crippen molar-refractivity contribution in [2.75, 3.05) is 7.11 Å². The van der Waals surface area contributed by atoms with Gasteiger partial charge in [-0.1, -0.05) is 39.3 Å². The minimum Gasteiger partial charge on any atom is -0.496 e. The molecule has 0 aliphatic heterocycles. The summed E-state index contributed by atoms with van der Waals surface area (Å²) in [6.07, 6.45) is 4.86. The van der Waals surface area contributed by atoms with Crippen molar-refractivity contribution in [1.29, 1.82) is 0 Å². The molecule has 0 heterocycles. The molecule has 3 heteroatoms. The summed E-state index contributed by atoms with van der Waals surface area (Å²) in [6, 6.07) is 8.57. The van der Waals surface area contributed by atoms with Gasteiger partial charge in [0.25, 0.3) is 0 Å². The minimum absolute atomic E-state index is 0.295. The van der Waals surface area contributed by atoms with Crippen LogP contribution in [0.15, 0.2) is 29.2 Å². The van der Waals surface area contributed by atoms with E-state index in [-0.39, 0.29) is 0 Å². The molecule has 0 amide bonds. The molecule has 0 spiro atoms. The lowest BCUT2D eigenvalue weighted by Crippen LogP contribution is -2.42. The Morgan fingerprint density at radius 1 is 1.29 bits per heavy atom. The first-order valence-corrected chi connectivity index (χ1v) is 8.91. The van der Waals surface area contributed by atoms with Crippen LogP contribution in [0.4, 0.5) is 0 Å². The molecule has 1 fully saturated rings. The molecule has 3 unspecified atom stereocenters. The Morgan fingerprint density at radius 3 is 2.67 bits per heavy atom. The number of benzene rings is 1. The van der Waals surface area contributed by atoms with E-state index in [1.807, 2.05) is 23.9 Å². The lowest BCUT2D eigenvalue weighted by molar-refractivity contribution is 0.148. The second-order valence-electron chi connectivity index (χ2n) is 6.82. The van der Waals surface area contributed by atoms with Crippen LogP contribution in [0.1, 0.15) is 46.5 Å². The number of methoxy groups -OCH3 is 1. The van der Waals surface area contributed by atoms with Gasteiger partial charge in [-0.15, -0.1) is 11.8 Å². The van der Waals surface area contributed by atoms with Crippen LogP contribution >= 0.6 is 11.8 Å². The van der Waals surface area contributed by atoms with E-state index < -0.39 is 0 Å². The van der Waals surface area contributed by atoms with Gasteiger partial charge in [0.05, 0.1) is 7.11 Å². The monoisotopic (exact) mass is 307 g/mol. The third kappa shape index (κ3) is 3.95. The topological polar surface area (TPSA) is 35.2 Å². The molecule has 1 aromatic rings. The molecule has 118 valence electrons. The first-order valence-electron chi connectivity index (χ1n) is 8.03. The number of para-hydroxylation sites is 1. The molecule has 2 N–H and O–H groups in total. The Kier molecular flexibility index (Phi) is 5.61. The summed E-state index contributed by atoms with van der Waals surface area (Å²) in [6.45, 7) is 7.11. The zero-order chi connectivity index (χ0) is 15.5. The van der Waals surface area contributed by atoms with Crippen LogP contribution in [-0.4, -0.2) is 18.4 Å². The van der Waals surface area contributed by atoms with E-state index in [4.69, 9.17) is 10.5 Å². The van der Waals surface area contributed by atoms with Crippen LogP contribution in [0, 0.1) is 11.3 Å². The lowest BCUT2D eigenvalue weighted by Gasteiger charge is -2.42. The molecule has 0 aromatic heterocycles. The number of rotatable bonds is 5. The molecule has 1 saturated carbocycles. The van der Waals surface area contributed by atoms with Crippen molar-refractivity contribution in [1.82, 2.24) is 0 Å². The van der Waals surface area contributed by atoms with Crippen molar-refractivity contribution in [3.8, 4) is 5.75 Å². The SMILES string of the molecule is CCC(C)(C)C1CCC(N)C(Sc2ccccc2OC)C1. The molecule has 1 aliphatic carbocycles. The van der Waals surface area contributed by atoms with Gasteiger partial charge in [0.1, 0.15) is 5.75 Å². The van der Waals surface area contributed by atoms with Gasteiger partial charge in [0, 0.05) is 16.2 Å². The predicted molar refractivity (Wildman–Crippen MR) is 92.0 cm³/mol. The highest BCUT2D eigenvalue weighted by molar-refractivity contribution is 8.00. The average molecular weight is 308 g/mol. The van der Waals surface area contributed by atoms with Crippen LogP contribution < -0.4 is 10.5 Å². The van der Waals surface area contributed by atoms with Crippen molar-refractivity contribution < 1.29 is 4.74 Å². The van der Waals surface area contributed by atoms with Gasteiger partial charge in [0.15, 0.2) is 0 Å². The van der Waals surface area contributed by atoms with Crippen LogP contribution in [0.2, 0.25) is 0 Å². The molecule has 1 aromatic carbocycles. The maximum atomic E-state index is 6.40. The van der Waals surface area contributed by atoms with Crippen molar-refractivity contribution in [3.63, 3.8) is 0 Å². The van der Waals surface area contributed by atoms with E-state index in [0.717, 1.165) is 18.1 Å². The van der Waals surface area contributed by atoms with Crippen molar-refractivity contribution >= 4 is 11.8 Å². The van der Waals surface area contributed by atoms with E-state index in [1.54, 1.807) is 7.11 Å². The van der Waals surface area contributed by atoms with E-state index in [2.05, 4.69) is 32.9 Å². The van der Waals surface area contributed by atoms with Crippen LogP contribution in [0.3, 0.4) is 0 Å². The van der Waals surface area contributed by atoms with Gasteiger partial charge < -0.3 is 10.5 Å². The fourth-order valence-electron chi connectivity index (χ4n) is 3.17. The lowest BCUT2D eigenvalue weighted by atomic mass is 9.69. The highest BCUT2D eigenvalue weighted by Gasteiger charge is 2.36. The third-order valence-corrected chi connectivity index (χ3v) is 6.64. The summed E-state index contributed by atoms with van der Waals surface area (Å²) >= 11 is 1.90. The molecule has 2 rings (SSSR count). The summed E-state index contributed by atoms with van der Waals surface area (Å²) < 4.78 is 5.48.